The van der Waals surface area contributed by atoms with E-state index in [0.717, 1.165) is 5.56 Å². The highest BCUT2D eigenvalue weighted by Gasteiger charge is 2.13. The molecule has 0 aliphatic carbocycles. The van der Waals surface area contributed by atoms with Crippen molar-refractivity contribution in [3.05, 3.63) is 100 Å². The van der Waals surface area contributed by atoms with E-state index in [-0.39, 0.29) is 18.3 Å². The summed E-state index contributed by atoms with van der Waals surface area (Å²) < 4.78 is 13.0. The largest absolute Gasteiger partial charge is 0.484 e. The van der Waals surface area contributed by atoms with Gasteiger partial charge >= 0.3 is 0 Å². The van der Waals surface area contributed by atoms with Gasteiger partial charge in [0.1, 0.15) is 18.1 Å². The Morgan fingerprint density at radius 3 is 2.77 bits per heavy atom. The molecule has 4 aromatic rings. The molecular formula is C22H17Cl2N3O3. The number of carbonyl (C=O) groups excluding carboxylic acids is 1. The zero-order chi connectivity index (χ0) is 20.9. The van der Waals surface area contributed by atoms with Crippen molar-refractivity contribution in [3.8, 4) is 5.75 Å². The molecule has 6 nitrogen and oxygen atoms in total. The Balaban J connectivity index is 1.37. The van der Waals surface area contributed by atoms with Gasteiger partial charge in [0.15, 0.2) is 5.76 Å². The zero-order valence-corrected chi connectivity index (χ0v) is 17.2. The molecule has 0 spiro atoms. The fourth-order valence-electron chi connectivity index (χ4n) is 2.84. The molecule has 0 fully saturated rings. The lowest BCUT2D eigenvalue weighted by atomic mass is 10.2. The van der Waals surface area contributed by atoms with Crippen LogP contribution >= 0.6 is 23.2 Å². The molecule has 2 aromatic carbocycles. The van der Waals surface area contributed by atoms with Crippen LogP contribution in [0.4, 0.5) is 5.69 Å². The Morgan fingerprint density at radius 1 is 1.10 bits per heavy atom. The first-order valence-corrected chi connectivity index (χ1v) is 9.87. The SMILES string of the molecule is O=C(Nc1cccc(Cn2cc(Cl)cn2)c1)c1ccc(COc2ccccc2Cl)o1. The Bertz CT molecular complexity index is 1170. The molecule has 30 heavy (non-hydrogen) atoms. The smallest absolute Gasteiger partial charge is 0.291 e. The first-order chi connectivity index (χ1) is 14.6. The average Bonchev–Trinajstić information content (AvgIpc) is 3.37. The highest BCUT2D eigenvalue weighted by Crippen LogP contribution is 2.24. The molecule has 4 rings (SSSR count). The molecule has 0 saturated carbocycles. The molecule has 1 amide bonds. The second-order valence-corrected chi connectivity index (χ2v) is 7.34. The van der Waals surface area contributed by atoms with Crippen LogP contribution in [-0.2, 0) is 13.2 Å². The van der Waals surface area contributed by atoms with Gasteiger partial charge in [-0.1, -0.05) is 47.5 Å². The van der Waals surface area contributed by atoms with E-state index in [4.69, 9.17) is 32.4 Å². The molecule has 152 valence electrons. The van der Waals surface area contributed by atoms with Crippen LogP contribution in [0.2, 0.25) is 10.0 Å². The molecule has 2 aromatic heterocycles. The van der Waals surface area contributed by atoms with Crippen molar-refractivity contribution in [2.45, 2.75) is 13.2 Å². The van der Waals surface area contributed by atoms with Crippen LogP contribution in [0, 0.1) is 0 Å². The first-order valence-electron chi connectivity index (χ1n) is 9.11. The van der Waals surface area contributed by atoms with Gasteiger partial charge in [-0.05, 0) is 42.0 Å². The highest BCUT2D eigenvalue weighted by atomic mass is 35.5. The Morgan fingerprint density at radius 2 is 1.97 bits per heavy atom. The summed E-state index contributed by atoms with van der Waals surface area (Å²) >= 11 is 12.0. The van der Waals surface area contributed by atoms with E-state index in [9.17, 15) is 4.79 Å². The number of amides is 1. The summed E-state index contributed by atoms with van der Waals surface area (Å²) in [6.45, 7) is 0.708. The second-order valence-electron chi connectivity index (χ2n) is 6.50. The van der Waals surface area contributed by atoms with Gasteiger partial charge in [-0.2, -0.15) is 5.10 Å². The lowest BCUT2D eigenvalue weighted by Crippen LogP contribution is -2.11. The van der Waals surface area contributed by atoms with Gasteiger partial charge in [-0.15, -0.1) is 0 Å². The number of carbonyl (C=O) groups is 1. The lowest BCUT2D eigenvalue weighted by molar-refractivity contribution is 0.0992. The quantitative estimate of drug-likeness (QED) is 0.401. The van der Waals surface area contributed by atoms with E-state index < -0.39 is 0 Å². The molecular weight excluding hydrogens is 425 g/mol. The van der Waals surface area contributed by atoms with E-state index in [1.54, 1.807) is 41.3 Å². The average molecular weight is 442 g/mol. The van der Waals surface area contributed by atoms with Crippen LogP contribution in [0.15, 0.2) is 77.5 Å². The number of furan rings is 1. The van der Waals surface area contributed by atoms with Gasteiger partial charge in [0, 0.05) is 11.9 Å². The van der Waals surface area contributed by atoms with Crippen molar-refractivity contribution in [2.24, 2.45) is 0 Å². The zero-order valence-electron chi connectivity index (χ0n) is 15.7. The Hall–Kier alpha value is -3.22. The molecule has 8 heteroatoms. The number of rotatable bonds is 7. The van der Waals surface area contributed by atoms with Crippen LogP contribution in [0.25, 0.3) is 0 Å². The van der Waals surface area contributed by atoms with Gasteiger partial charge in [0.2, 0.25) is 0 Å². The van der Waals surface area contributed by atoms with Gasteiger partial charge in [0.25, 0.3) is 5.91 Å². The van der Waals surface area contributed by atoms with Gasteiger partial charge < -0.3 is 14.5 Å². The van der Waals surface area contributed by atoms with E-state index >= 15 is 0 Å². The summed E-state index contributed by atoms with van der Waals surface area (Å²) in [6, 6.07) is 18.0. The minimum absolute atomic E-state index is 0.166. The van der Waals surface area contributed by atoms with E-state index in [2.05, 4.69) is 10.4 Å². The number of ether oxygens (including phenoxy) is 1. The predicted molar refractivity (Wildman–Crippen MR) is 115 cm³/mol. The third-order valence-electron chi connectivity index (χ3n) is 4.22. The van der Waals surface area contributed by atoms with E-state index in [1.807, 2.05) is 36.4 Å². The van der Waals surface area contributed by atoms with Crippen LogP contribution in [-0.4, -0.2) is 15.7 Å². The molecule has 0 radical (unpaired) electrons. The normalized spacial score (nSPS) is 10.7. The fraction of sp³-hybridized carbons (Fsp3) is 0.0909. The second kappa shape index (κ2) is 9.07. The molecule has 1 N–H and O–H groups in total. The summed E-state index contributed by atoms with van der Waals surface area (Å²) in [5, 5.41) is 8.08. The Labute approximate surface area is 183 Å². The minimum Gasteiger partial charge on any atom is -0.484 e. The fourth-order valence-corrected chi connectivity index (χ4v) is 3.19. The standard InChI is InChI=1S/C22H17Cl2N3O3/c23-16-11-25-27(13-16)12-15-4-3-5-17(10-15)26-22(28)21-9-8-18(30-21)14-29-20-7-2-1-6-19(20)24/h1-11,13H,12,14H2,(H,26,28). The van der Waals surface area contributed by atoms with E-state index in [1.165, 1.54) is 0 Å². The number of nitrogens with one attached hydrogen (secondary N) is 1. The van der Waals surface area contributed by atoms with E-state index in [0.29, 0.717) is 33.8 Å². The number of anilines is 1. The number of para-hydroxylation sites is 1. The van der Waals surface area contributed by atoms with Crippen LogP contribution in [0.1, 0.15) is 21.9 Å². The first kappa shape index (κ1) is 20.1. The van der Waals surface area contributed by atoms with Gasteiger partial charge in [0.05, 0.1) is 22.8 Å². The lowest BCUT2D eigenvalue weighted by Gasteiger charge is -2.07. The summed E-state index contributed by atoms with van der Waals surface area (Å²) in [5.74, 6) is 0.913. The maximum absolute atomic E-state index is 12.5. The monoisotopic (exact) mass is 441 g/mol. The summed E-state index contributed by atoms with van der Waals surface area (Å²) in [5.41, 5.74) is 1.63. The molecule has 0 bridgehead atoms. The van der Waals surface area contributed by atoms with Crippen molar-refractivity contribution in [1.82, 2.24) is 9.78 Å². The number of aromatic nitrogens is 2. The topological polar surface area (TPSA) is 69.3 Å². The number of benzene rings is 2. The van der Waals surface area contributed by atoms with Crippen molar-refractivity contribution in [2.75, 3.05) is 5.32 Å². The third-order valence-corrected chi connectivity index (χ3v) is 4.73. The predicted octanol–water partition coefficient (Wildman–Crippen LogP) is 5.66. The van der Waals surface area contributed by atoms with Gasteiger partial charge in [-0.25, -0.2) is 0 Å². The van der Waals surface area contributed by atoms with Crippen LogP contribution in [0.3, 0.4) is 0 Å². The molecule has 2 heterocycles. The van der Waals surface area contributed by atoms with Crippen LogP contribution < -0.4 is 10.1 Å². The van der Waals surface area contributed by atoms with Crippen molar-refractivity contribution < 1.29 is 13.9 Å². The number of nitrogens with zero attached hydrogens (tertiary/aromatic N) is 2. The maximum Gasteiger partial charge on any atom is 0.291 e. The van der Waals surface area contributed by atoms with Crippen molar-refractivity contribution in [1.29, 1.82) is 0 Å². The van der Waals surface area contributed by atoms with Crippen LogP contribution in [0.5, 0.6) is 5.75 Å². The molecule has 0 aliphatic rings. The van der Waals surface area contributed by atoms with Crippen molar-refractivity contribution >= 4 is 34.8 Å². The molecule has 0 unspecified atom stereocenters. The van der Waals surface area contributed by atoms with Crippen molar-refractivity contribution in [3.63, 3.8) is 0 Å². The highest BCUT2D eigenvalue weighted by molar-refractivity contribution is 6.32. The number of halogens is 2. The molecule has 0 atom stereocenters. The summed E-state index contributed by atoms with van der Waals surface area (Å²) in [6.07, 6.45) is 3.32. The maximum atomic E-state index is 12.5. The number of hydrogen-bond donors (Lipinski definition) is 1. The van der Waals surface area contributed by atoms with Gasteiger partial charge in [-0.3, -0.25) is 9.48 Å². The Kier molecular flexibility index (Phi) is 6.07. The minimum atomic E-state index is -0.349. The molecule has 0 aliphatic heterocycles. The summed E-state index contributed by atoms with van der Waals surface area (Å²) in [7, 11) is 0. The third kappa shape index (κ3) is 5.03. The molecule has 0 saturated heterocycles. The number of hydrogen-bond acceptors (Lipinski definition) is 4. The summed E-state index contributed by atoms with van der Waals surface area (Å²) in [4.78, 5) is 12.5.